The summed E-state index contributed by atoms with van der Waals surface area (Å²) < 4.78 is 2.50. The molecule has 0 unspecified atom stereocenters. The van der Waals surface area contributed by atoms with Crippen LogP contribution in [0.15, 0.2) is 34.9 Å². The average molecular weight is 353 g/mol. The molecule has 1 aromatic heterocycles. The van der Waals surface area contributed by atoms with Crippen LogP contribution in [-0.2, 0) is 6.54 Å². The molecule has 0 aliphatic heterocycles. The molecule has 0 spiro atoms. The number of aromatic carboxylic acids is 1. The first-order valence-corrected chi connectivity index (χ1v) is 6.95. The van der Waals surface area contributed by atoms with Crippen molar-refractivity contribution in [2.45, 2.75) is 13.5 Å². The summed E-state index contributed by atoms with van der Waals surface area (Å²) in [6, 6.07) is 5.35. The van der Waals surface area contributed by atoms with Gasteiger partial charge in [0.15, 0.2) is 0 Å². The summed E-state index contributed by atoms with van der Waals surface area (Å²) >= 11 is 3.29. The molecule has 2 aromatic rings. The number of amides is 1. The molecule has 1 amide bonds. The predicted octanol–water partition coefficient (Wildman–Crippen LogP) is 2.93. The largest absolute Gasteiger partial charge is 0.506 e. The fourth-order valence-electron chi connectivity index (χ4n) is 1.88. The number of carboxylic acid groups (broad SMARTS) is 1. The zero-order valence-corrected chi connectivity index (χ0v) is 12.7. The smallest absolute Gasteiger partial charge is 0.335 e. The van der Waals surface area contributed by atoms with E-state index in [1.165, 1.54) is 18.2 Å². The molecule has 6 nitrogen and oxygen atoms in total. The van der Waals surface area contributed by atoms with Gasteiger partial charge < -0.3 is 20.1 Å². The van der Waals surface area contributed by atoms with Crippen molar-refractivity contribution in [3.05, 3.63) is 46.2 Å². The molecule has 0 fully saturated rings. The summed E-state index contributed by atoms with van der Waals surface area (Å²) in [6.45, 7) is 2.50. The Morgan fingerprint density at radius 2 is 2.05 bits per heavy atom. The summed E-state index contributed by atoms with van der Waals surface area (Å²) in [5.41, 5.74) is 0.444. The second kappa shape index (κ2) is 6.01. The highest BCUT2D eigenvalue weighted by molar-refractivity contribution is 9.10. The van der Waals surface area contributed by atoms with Crippen molar-refractivity contribution in [3.8, 4) is 5.75 Å². The number of halogens is 1. The van der Waals surface area contributed by atoms with Gasteiger partial charge in [-0.3, -0.25) is 4.79 Å². The van der Waals surface area contributed by atoms with Gasteiger partial charge in [0.05, 0.1) is 11.3 Å². The average Bonchev–Trinajstić information content (AvgIpc) is 2.82. The Bertz CT molecular complexity index is 709. The van der Waals surface area contributed by atoms with Crippen LogP contribution in [0.2, 0.25) is 0 Å². The van der Waals surface area contributed by atoms with Gasteiger partial charge in [-0.05, 0) is 47.1 Å². The SMILES string of the molecule is CCn1cc(Br)cc1C(=O)Nc1cc(C(=O)O)ccc1O. The van der Waals surface area contributed by atoms with Crippen molar-refractivity contribution in [1.29, 1.82) is 0 Å². The lowest BCUT2D eigenvalue weighted by Gasteiger charge is -2.09. The van der Waals surface area contributed by atoms with Gasteiger partial charge >= 0.3 is 5.97 Å². The number of rotatable bonds is 4. The number of aryl methyl sites for hydroxylation is 1. The number of carboxylic acids is 1. The fourth-order valence-corrected chi connectivity index (χ4v) is 2.35. The first-order valence-electron chi connectivity index (χ1n) is 6.15. The number of benzene rings is 1. The number of hydrogen-bond acceptors (Lipinski definition) is 3. The number of nitrogens with zero attached hydrogens (tertiary/aromatic N) is 1. The van der Waals surface area contributed by atoms with E-state index in [-0.39, 0.29) is 17.0 Å². The molecular formula is C14H13BrN2O4. The van der Waals surface area contributed by atoms with Crippen molar-refractivity contribution >= 4 is 33.5 Å². The van der Waals surface area contributed by atoms with E-state index >= 15 is 0 Å². The van der Waals surface area contributed by atoms with Crippen LogP contribution in [0.1, 0.15) is 27.8 Å². The molecule has 1 aromatic carbocycles. The summed E-state index contributed by atoms with van der Waals surface area (Å²) in [5, 5.41) is 21.2. The number of aromatic nitrogens is 1. The monoisotopic (exact) mass is 352 g/mol. The Balaban J connectivity index is 2.31. The van der Waals surface area contributed by atoms with Crippen LogP contribution in [-0.4, -0.2) is 26.7 Å². The first-order chi connectivity index (χ1) is 9.92. The van der Waals surface area contributed by atoms with E-state index in [0.29, 0.717) is 12.2 Å². The number of carbonyl (C=O) groups is 2. The molecule has 1 heterocycles. The number of anilines is 1. The van der Waals surface area contributed by atoms with E-state index in [2.05, 4.69) is 21.2 Å². The molecule has 0 aliphatic rings. The zero-order chi connectivity index (χ0) is 15.6. The molecule has 0 bridgehead atoms. The van der Waals surface area contributed by atoms with Crippen molar-refractivity contribution < 1.29 is 19.8 Å². The van der Waals surface area contributed by atoms with Gasteiger partial charge in [-0.15, -0.1) is 0 Å². The molecule has 21 heavy (non-hydrogen) atoms. The van der Waals surface area contributed by atoms with E-state index < -0.39 is 11.9 Å². The van der Waals surface area contributed by atoms with Crippen LogP contribution < -0.4 is 5.32 Å². The van der Waals surface area contributed by atoms with Crippen molar-refractivity contribution in [3.63, 3.8) is 0 Å². The Morgan fingerprint density at radius 1 is 1.33 bits per heavy atom. The van der Waals surface area contributed by atoms with Crippen molar-refractivity contribution in [2.75, 3.05) is 5.32 Å². The zero-order valence-electron chi connectivity index (χ0n) is 11.1. The molecule has 110 valence electrons. The molecule has 3 N–H and O–H groups in total. The van der Waals surface area contributed by atoms with Crippen molar-refractivity contribution in [1.82, 2.24) is 4.57 Å². The highest BCUT2D eigenvalue weighted by atomic mass is 79.9. The maximum absolute atomic E-state index is 12.2. The third kappa shape index (κ3) is 3.25. The highest BCUT2D eigenvalue weighted by Gasteiger charge is 2.15. The summed E-state index contributed by atoms with van der Waals surface area (Å²) in [6.07, 6.45) is 1.77. The number of hydrogen-bond donors (Lipinski definition) is 3. The van der Waals surface area contributed by atoms with Crippen LogP contribution in [0.25, 0.3) is 0 Å². The van der Waals surface area contributed by atoms with Crippen LogP contribution in [0, 0.1) is 0 Å². The van der Waals surface area contributed by atoms with Gasteiger partial charge in [0.25, 0.3) is 5.91 Å². The number of phenols is 1. The molecule has 7 heteroatoms. The Labute approximate surface area is 129 Å². The minimum absolute atomic E-state index is 0.0184. The van der Waals surface area contributed by atoms with Gasteiger partial charge in [0, 0.05) is 17.2 Å². The number of phenolic OH excluding ortho intramolecular Hbond substituents is 1. The summed E-state index contributed by atoms with van der Waals surface area (Å²) in [7, 11) is 0. The number of aromatic hydroxyl groups is 1. The lowest BCUT2D eigenvalue weighted by molar-refractivity contribution is 0.0696. The molecular weight excluding hydrogens is 340 g/mol. The molecule has 0 saturated carbocycles. The standard InChI is InChI=1S/C14H13BrN2O4/c1-2-17-7-9(15)6-11(17)13(19)16-10-5-8(14(20)21)3-4-12(10)18/h3-7,18H,2H2,1H3,(H,16,19)(H,20,21). The molecule has 0 aliphatic carbocycles. The number of carbonyl (C=O) groups excluding carboxylic acids is 1. The van der Waals surface area contributed by atoms with E-state index in [1.54, 1.807) is 16.8 Å². The maximum atomic E-state index is 12.2. The van der Waals surface area contributed by atoms with E-state index in [0.717, 1.165) is 4.47 Å². The van der Waals surface area contributed by atoms with Gasteiger partial charge in [-0.25, -0.2) is 4.79 Å². The van der Waals surface area contributed by atoms with Crippen LogP contribution in [0.3, 0.4) is 0 Å². The molecule has 0 atom stereocenters. The lowest BCUT2D eigenvalue weighted by atomic mass is 10.2. The summed E-state index contributed by atoms with van der Waals surface area (Å²) in [4.78, 5) is 23.1. The number of nitrogens with one attached hydrogen (secondary N) is 1. The van der Waals surface area contributed by atoms with Gasteiger partial charge in [0.1, 0.15) is 11.4 Å². The van der Waals surface area contributed by atoms with E-state index in [4.69, 9.17) is 5.11 Å². The third-order valence-electron chi connectivity index (χ3n) is 2.93. The third-order valence-corrected chi connectivity index (χ3v) is 3.36. The molecule has 0 radical (unpaired) electrons. The normalized spacial score (nSPS) is 10.4. The van der Waals surface area contributed by atoms with Crippen LogP contribution in [0.4, 0.5) is 5.69 Å². The quantitative estimate of drug-likeness (QED) is 0.737. The second-order valence-electron chi connectivity index (χ2n) is 4.32. The second-order valence-corrected chi connectivity index (χ2v) is 5.24. The van der Waals surface area contributed by atoms with Gasteiger partial charge in [-0.2, -0.15) is 0 Å². The van der Waals surface area contributed by atoms with E-state index in [1.807, 2.05) is 6.92 Å². The summed E-state index contributed by atoms with van der Waals surface area (Å²) in [5.74, 6) is -1.76. The molecule has 0 saturated heterocycles. The Kier molecular flexibility index (Phi) is 4.32. The Hall–Kier alpha value is -2.28. The Morgan fingerprint density at radius 3 is 2.67 bits per heavy atom. The van der Waals surface area contributed by atoms with Crippen LogP contribution >= 0.6 is 15.9 Å². The molecule has 2 rings (SSSR count). The predicted molar refractivity (Wildman–Crippen MR) is 80.8 cm³/mol. The maximum Gasteiger partial charge on any atom is 0.335 e. The van der Waals surface area contributed by atoms with Crippen LogP contribution in [0.5, 0.6) is 5.75 Å². The topological polar surface area (TPSA) is 91.6 Å². The van der Waals surface area contributed by atoms with Gasteiger partial charge in [-0.1, -0.05) is 0 Å². The lowest BCUT2D eigenvalue weighted by Crippen LogP contribution is -2.16. The fraction of sp³-hybridized carbons (Fsp3) is 0.143. The van der Waals surface area contributed by atoms with E-state index in [9.17, 15) is 14.7 Å². The first kappa shape index (κ1) is 15.1. The van der Waals surface area contributed by atoms with Crippen molar-refractivity contribution in [2.24, 2.45) is 0 Å². The minimum atomic E-state index is -1.13. The van der Waals surface area contributed by atoms with Gasteiger partial charge in [0.2, 0.25) is 0 Å². The highest BCUT2D eigenvalue weighted by Crippen LogP contribution is 2.25. The minimum Gasteiger partial charge on any atom is -0.506 e.